The molecule has 2 aliphatic carbocycles. The Balaban J connectivity index is 1.48. The van der Waals surface area contributed by atoms with Crippen LogP contribution in [-0.2, 0) is 0 Å². The van der Waals surface area contributed by atoms with Crippen molar-refractivity contribution in [3.63, 3.8) is 0 Å². The summed E-state index contributed by atoms with van der Waals surface area (Å²) in [7, 11) is 0. The second-order valence-corrected chi connectivity index (χ2v) is 9.91. The zero-order valence-electron chi connectivity index (χ0n) is 19.1. The highest BCUT2D eigenvalue weighted by molar-refractivity contribution is 5.86. The van der Waals surface area contributed by atoms with E-state index in [-0.39, 0.29) is 11.3 Å². The van der Waals surface area contributed by atoms with Gasteiger partial charge in [0.2, 0.25) is 0 Å². The van der Waals surface area contributed by atoms with Crippen LogP contribution in [0.4, 0.5) is 26.3 Å². The van der Waals surface area contributed by atoms with E-state index in [1.807, 2.05) is 0 Å². The van der Waals surface area contributed by atoms with Gasteiger partial charge in [-0.25, -0.2) is 13.2 Å². The fourth-order valence-electron chi connectivity index (χ4n) is 5.35. The van der Waals surface area contributed by atoms with Crippen molar-refractivity contribution in [1.82, 2.24) is 0 Å². The first-order chi connectivity index (χ1) is 16.1. The normalized spacial score (nSPS) is 26.0. The average Bonchev–Trinajstić information content (AvgIpc) is 2.77. The maximum Gasteiger partial charge on any atom is 0.458 e. The van der Waals surface area contributed by atoms with Gasteiger partial charge < -0.3 is 0 Å². The van der Waals surface area contributed by atoms with E-state index in [9.17, 15) is 26.3 Å². The molecule has 0 N–H and O–H groups in total. The largest absolute Gasteiger partial charge is 0.458 e. The Morgan fingerprint density at radius 3 is 1.97 bits per heavy atom. The Morgan fingerprint density at radius 2 is 1.38 bits per heavy atom. The highest BCUT2D eigenvalue weighted by Crippen LogP contribution is 2.39. The van der Waals surface area contributed by atoms with Crippen molar-refractivity contribution in [3.05, 3.63) is 58.9 Å². The standard InChI is InChI=1S/C28H28F6/c1-17-2-4-18(5-3-17)6-7-19-8-10-20(11-9-19)21-14-22-16-24(29)23(12-13-28(32,33)34)27(31)26(22)25(30)15-21/h6-7,14-20H,2-5,8-11H2,1H3/b7-6+. The van der Waals surface area contributed by atoms with Gasteiger partial charge in [-0.3, -0.25) is 0 Å². The number of allylic oxidation sites excluding steroid dienone is 2. The van der Waals surface area contributed by atoms with E-state index in [1.165, 1.54) is 37.7 Å². The first-order valence-corrected chi connectivity index (χ1v) is 12.0. The molecule has 0 atom stereocenters. The lowest BCUT2D eigenvalue weighted by molar-refractivity contribution is -0.0696. The van der Waals surface area contributed by atoms with Crippen LogP contribution in [0, 0.1) is 47.0 Å². The molecule has 0 unspecified atom stereocenters. The molecule has 0 bridgehead atoms. The molecule has 182 valence electrons. The smallest absolute Gasteiger partial charge is 0.206 e. The van der Waals surface area contributed by atoms with Gasteiger partial charge in [0.25, 0.3) is 0 Å². The van der Waals surface area contributed by atoms with Crippen LogP contribution < -0.4 is 0 Å². The summed E-state index contributed by atoms with van der Waals surface area (Å²) in [5, 5.41) is -0.536. The summed E-state index contributed by atoms with van der Waals surface area (Å²) < 4.78 is 80.9. The Hall–Kier alpha value is -2.42. The van der Waals surface area contributed by atoms with Gasteiger partial charge in [-0.05, 0) is 85.3 Å². The van der Waals surface area contributed by atoms with Crippen LogP contribution in [0.1, 0.15) is 75.3 Å². The summed E-state index contributed by atoms with van der Waals surface area (Å²) >= 11 is 0. The predicted octanol–water partition coefficient (Wildman–Crippen LogP) is 8.83. The summed E-state index contributed by atoms with van der Waals surface area (Å²) in [5.74, 6) is 0.826. The number of hydrogen-bond donors (Lipinski definition) is 0. The van der Waals surface area contributed by atoms with Crippen LogP contribution in [-0.4, -0.2) is 6.18 Å². The van der Waals surface area contributed by atoms with Gasteiger partial charge in [0, 0.05) is 5.92 Å². The average molecular weight is 479 g/mol. The molecule has 0 spiro atoms. The maximum absolute atomic E-state index is 14.8. The molecule has 0 nitrogen and oxygen atoms in total. The first kappa shape index (κ1) is 24.7. The van der Waals surface area contributed by atoms with Crippen LogP contribution in [0.5, 0.6) is 0 Å². The number of fused-ring (bicyclic) bond motifs is 1. The molecule has 2 aromatic carbocycles. The predicted molar refractivity (Wildman–Crippen MR) is 122 cm³/mol. The summed E-state index contributed by atoms with van der Waals surface area (Å²) in [6, 6.07) is 3.65. The van der Waals surface area contributed by atoms with Crippen molar-refractivity contribution < 1.29 is 26.3 Å². The first-order valence-electron chi connectivity index (χ1n) is 12.0. The fourth-order valence-corrected chi connectivity index (χ4v) is 5.35. The Kier molecular flexibility index (Phi) is 7.31. The molecular weight excluding hydrogens is 450 g/mol. The van der Waals surface area contributed by atoms with E-state index in [0.717, 1.165) is 43.6 Å². The fraction of sp³-hybridized carbons (Fsp3) is 0.500. The van der Waals surface area contributed by atoms with Crippen molar-refractivity contribution in [2.24, 2.45) is 17.8 Å². The minimum Gasteiger partial charge on any atom is -0.206 e. The number of benzene rings is 2. The SMILES string of the molecule is CC1CCC(/C=C/C2CCC(c3cc(F)c4c(F)c(C#CC(F)(F)F)c(F)cc4c3)CC2)CC1. The van der Waals surface area contributed by atoms with Crippen LogP contribution in [0.2, 0.25) is 0 Å². The Labute approximate surface area is 196 Å². The second kappa shape index (κ2) is 10.1. The number of alkyl halides is 3. The molecule has 6 heteroatoms. The lowest BCUT2D eigenvalue weighted by Gasteiger charge is -2.28. The molecule has 34 heavy (non-hydrogen) atoms. The van der Waals surface area contributed by atoms with E-state index < -0.39 is 34.6 Å². The lowest BCUT2D eigenvalue weighted by atomic mass is 9.77. The summed E-state index contributed by atoms with van der Waals surface area (Å²) in [6.45, 7) is 2.31. The van der Waals surface area contributed by atoms with Crippen molar-refractivity contribution >= 4 is 10.8 Å². The molecule has 0 radical (unpaired) electrons. The third kappa shape index (κ3) is 5.79. The minimum atomic E-state index is -4.90. The van der Waals surface area contributed by atoms with Gasteiger partial charge in [0.1, 0.15) is 11.6 Å². The van der Waals surface area contributed by atoms with Crippen LogP contribution in [0.15, 0.2) is 30.4 Å². The molecule has 4 rings (SSSR count). The quantitative estimate of drug-likeness (QED) is 0.235. The van der Waals surface area contributed by atoms with E-state index in [2.05, 4.69) is 19.1 Å². The third-order valence-electron chi connectivity index (χ3n) is 7.39. The van der Waals surface area contributed by atoms with Gasteiger partial charge in [-0.1, -0.05) is 43.9 Å². The van der Waals surface area contributed by atoms with E-state index in [1.54, 1.807) is 6.07 Å². The molecule has 0 amide bonds. The van der Waals surface area contributed by atoms with Gasteiger partial charge >= 0.3 is 6.18 Å². The topological polar surface area (TPSA) is 0 Å². The van der Waals surface area contributed by atoms with E-state index in [4.69, 9.17) is 0 Å². The monoisotopic (exact) mass is 478 g/mol. The molecule has 2 saturated carbocycles. The van der Waals surface area contributed by atoms with Gasteiger partial charge in [-0.15, -0.1) is 0 Å². The van der Waals surface area contributed by atoms with Gasteiger partial charge in [0.05, 0.1) is 10.9 Å². The second-order valence-electron chi connectivity index (χ2n) is 9.91. The van der Waals surface area contributed by atoms with Crippen molar-refractivity contribution in [3.8, 4) is 11.8 Å². The van der Waals surface area contributed by atoms with Gasteiger partial charge in [0.15, 0.2) is 5.82 Å². The molecule has 2 aliphatic rings. The summed E-state index contributed by atoms with van der Waals surface area (Å²) in [5.41, 5.74) is -0.405. The maximum atomic E-state index is 14.8. The van der Waals surface area contributed by atoms with Crippen LogP contribution >= 0.6 is 0 Å². The molecule has 0 heterocycles. The van der Waals surface area contributed by atoms with Crippen molar-refractivity contribution in [1.29, 1.82) is 0 Å². The van der Waals surface area contributed by atoms with E-state index in [0.29, 0.717) is 17.4 Å². The number of hydrogen-bond acceptors (Lipinski definition) is 0. The summed E-state index contributed by atoms with van der Waals surface area (Å²) in [6.07, 6.45) is 8.52. The Morgan fingerprint density at radius 1 is 0.794 bits per heavy atom. The van der Waals surface area contributed by atoms with Crippen LogP contribution in [0.3, 0.4) is 0 Å². The number of rotatable bonds is 3. The third-order valence-corrected chi connectivity index (χ3v) is 7.39. The molecular formula is C28H28F6. The highest BCUT2D eigenvalue weighted by Gasteiger charge is 2.26. The molecule has 0 aliphatic heterocycles. The van der Waals surface area contributed by atoms with E-state index >= 15 is 0 Å². The zero-order chi connectivity index (χ0) is 24.5. The number of halogens is 6. The van der Waals surface area contributed by atoms with Crippen LogP contribution in [0.25, 0.3) is 10.8 Å². The molecule has 2 aromatic rings. The molecule has 0 saturated heterocycles. The summed E-state index contributed by atoms with van der Waals surface area (Å²) in [4.78, 5) is 0. The van der Waals surface area contributed by atoms with Crippen molar-refractivity contribution in [2.45, 2.75) is 70.4 Å². The molecule has 2 fully saturated rings. The minimum absolute atomic E-state index is 0.00361. The zero-order valence-corrected chi connectivity index (χ0v) is 19.1. The van der Waals surface area contributed by atoms with Crippen molar-refractivity contribution in [2.75, 3.05) is 0 Å². The Bertz CT molecular complexity index is 1120. The van der Waals surface area contributed by atoms with Gasteiger partial charge in [-0.2, -0.15) is 13.2 Å². The lowest BCUT2D eigenvalue weighted by Crippen LogP contribution is -2.14. The molecule has 0 aromatic heterocycles. The highest BCUT2D eigenvalue weighted by atomic mass is 19.4.